The number of ether oxygens (including phenoxy) is 2. The summed E-state index contributed by atoms with van der Waals surface area (Å²) in [5.41, 5.74) is 0. The van der Waals surface area contributed by atoms with Gasteiger partial charge in [0.15, 0.2) is 13.2 Å². The van der Waals surface area contributed by atoms with Crippen molar-refractivity contribution >= 4 is 46.6 Å². The molecule has 0 saturated carbocycles. The van der Waals surface area contributed by atoms with Crippen LogP contribution in [0.25, 0.3) is 0 Å². The van der Waals surface area contributed by atoms with Crippen LogP contribution in [0.2, 0.25) is 0 Å². The molecule has 2 amide bonds. The van der Waals surface area contributed by atoms with Crippen LogP contribution in [0.4, 0.5) is 0 Å². The number of thiocarbonyl (C=S) groups is 2. The molecule has 2 saturated heterocycles. The summed E-state index contributed by atoms with van der Waals surface area (Å²) in [6.07, 6.45) is 0. The molecule has 0 spiro atoms. The summed E-state index contributed by atoms with van der Waals surface area (Å²) in [6, 6.07) is -0.291. The highest BCUT2D eigenvalue weighted by Gasteiger charge is 2.36. The average Bonchev–Trinajstić information content (AvgIpc) is 2.75. The molecule has 6 nitrogen and oxygen atoms in total. The van der Waals surface area contributed by atoms with Crippen LogP contribution in [0.3, 0.4) is 0 Å². The van der Waals surface area contributed by atoms with Gasteiger partial charge in [-0.1, -0.05) is 0 Å². The molecule has 2 aliphatic heterocycles. The molecule has 0 aromatic rings. The van der Waals surface area contributed by atoms with Gasteiger partial charge in [-0.3, -0.25) is 19.4 Å². The molecule has 8 heteroatoms. The number of amides is 2. The molecule has 0 aliphatic carbocycles. The summed E-state index contributed by atoms with van der Waals surface area (Å²) in [4.78, 5) is 25.6. The Balaban J connectivity index is 2.03. The minimum absolute atomic E-state index is 0.0412. The highest BCUT2D eigenvalue weighted by molar-refractivity contribution is 7.80. The maximum atomic E-state index is 11.5. The van der Waals surface area contributed by atoms with Crippen molar-refractivity contribution in [2.24, 2.45) is 0 Å². The monoisotopic (exact) mass is 274 g/mol. The minimum Gasteiger partial charge on any atom is -0.460 e. The molecule has 17 heavy (non-hydrogen) atoms. The van der Waals surface area contributed by atoms with E-state index in [1.165, 1.54) is 9.80 Å². The van der Waals surface area contributed by atoms with Gasteiger partial charge in [0.25, 0.3) is 22.2 Å². The van der Waals surface area contributed by atoms with Crippen LogP contribution in [-0.4, -0.2) is 57.8 Å². The van der Waals surface area contributed by atoms with Crippen LogP contribution in [-0.2, 0) is 19.1 Å². The first-order valence-corrected chi connectivity index (χ1v) is 5.78. The quantitative estimate of drug-likeness (QED) is 0.656. The Labute approximate surface area is 108 Å². The molecular formula is C9H10N2O4S2. The van der Waals surface area contributed by atoms with Gasteiger partial charge in [0.05, 0.1) is 12.6 Å². The largest absolute Gasteiger partial charge is 0.460 e. The van der Waals surface area contributed by atoms with E-state index in [1.807, 2.05) is 0 Å². The van der Waals surface area contributed by atoms with E-state index in [-0.39, 0.29) is 48.0 Å². The zero-order valence-corrected chi connectivity index (χ0v) is 10.7. The Morgan fingerprint density at radius 2 is 1.76 bits per heavy atom. The van der Waals surface area contributed by atoms with Gasteiger partial charge in [-0.2, -0.15) is 0 Å². The first-order valence-electron chi connectivity index (χ1n) is 4.96. The molecule has 0 aromatic heterocycles. The zero-order chi connectivity index (χ0) is 12.6. The maximum absolute atomic E-state index is 11.5. The molecule has 2 heterocycles. The lowest BCUT2D eigenvalue weighted by molar-refractivity contribution is -0.129. The topological polar surface area (TPSA) is 59.1 Å². The van der Waals surface area contributed by atoms with Crippen molar-refractivity contribution in [1.29, 1.82) is 0 Å². The number of nitrogens with zero attached hydrogens (tertiary/aromatic N) is 2. The van der Waals surface area contributed by atoms with Crippen LogP contribution in [0.5, 0.6) is 0 Å². The molecule has 0 N–H and O–H groups in total. The Morgan fingerprint density at radius 3 is 2.24 bits per heavy atom. The predicted molar refractivity (Wildman–Crippen MR) is 65.1 cm³/mol. The van der Waals surface area contributed by atoms with Crippen LogP contribution in [0.1, 0.15) is 6.92 Å². The van der Waals surface area contributed by atoms with E-state index in [2.05, 4.69) is 0 Å². The molecule has 0 aromatic carbocycles. The van der Waals surface area contributed by atoms with Gasteiger partial charge in [-0.05, 0) is 31.4 Å². The van der Waals surface area contributed by atoms with Crippen LogP contribution in [0, 0.1) is 0 Å². The van der Waals surface area contributed by atoms with Gasteiger partial charge >= 0.3 is 0 Å². The predicted octanol–water partition coefficient (Wildman–Crippen LogP) is -0.338. The lowest BCUT2D eigenvalue weighted by atomic mass is 10.3. The second-order valence-corrected chi connectivity index (χ2v) is 4.42. The van der Waals surface area contributed by atoms with Gasteiger partial charge < -0.3 is 9.47 Å². The number of hydrogen-bond donors (Lipinski definition) is 0. The van der Waals surface area contributed by atoms with Crippen molar-refractivity contribution in [1.82, 2.24) is 9.80 Å². The van der Waals surface area contributed by atoms with Gasteiger partial charge in [0, 0.05) is 0 Å². The third-order valence-electron chi connectivity index (χ3n) is 2.51. The Bertz CT molecular complexity index is 380. The van der Waals surface area contributed by atoms with E-state index in [4.69, 9.17) is 33.9 Å². The van der Waals surface area contributed by atoms with Gasteiger partial charge in [0.2, 0.25) is 0 Å². The standard InChI is InChI=1S/C9H10N2O4S2/c1-5(11-7(13)4-15-9(11)17)2-10-6(12)3-14-8(10)16/h5H,2-4H2,1H3/t5-/m1/s1. The van der Waals surface area contributed by atoms with E-state index in [0.29, 0.717) is 0 Å². The second-order valence-electron chi connectivity index (χ2n) is 3.73. The van der Waals surface area contributed by atoms with E-state index < -0.39 is 0 Å². The van der Waals surface area contributed by atoms with Crippen molar-refractivity contribution in [2.75, 3.05) is 19.8 Å². The Hall–Kier alpha value is -1.28. The molecule has 2 fully saturated rings. The molecule has 1 atom stereocenters. The van der Waals surface area contributed by atoms with Crippen molar-refractivity contribution in [3.8, 4) is 0 Å². The third-order valence-corrected chi connectivity index (χ3v) is 3.17. The lowest BCUT2D eigenvalue weighted by Gasteiger charge is -2.25. The first-order chi connectivity index (χ1) is 8.00. The molecule has 2 aliphatic rings. The summed E-state index contributed by atoms with van der Waals surface area (Å²) >= 11 is 9.79. The van der Waals surface area contributed by atoms with Gasteiger partial charge in [-0.15, -0.1) is 0 Å². The van der Waals surface area contributed by atoms with Crippen LogP contribution in [0.15, 0.2) is 0 Å². The van der Waals surface area contributed by atoms with Crippen LogP contribution < -0.4 is 0 Å². The SMILES string of the molecule is C[C@H](CN1C(=O)COC1=S)N1C(=O)COC1=S. The number of hydrogen-bond acceptors (Lipinski definition) is 6. The number of carbonyl (C=O) groups is 2. The first kappa shape index (κ1) is 12.2. The van der Waals surface area contributed by atoms with Gasteiger partial charge in [-0.25, -0.2) is 0 Å². The number of carbonyl (C=O) groups excluding carboxylic acids is 2. The van der Waals surface area contributed by atoms with Crippen molar-refractivity contribution < 1.29 is 19.1 Å². The fourth-order valence-corrected chi connectivity index (χ4v) is 2.27. The molecule has 0 radical (unpaired) electrons. The third kappa shape index (κ3) is 2.22. The summed E-state index contributed by atoms with van der Waals surface area (Å²) in [6.45, 7) is 1.94. The maximum Gasteiger partial charge on any atom is 0.268 e. The summed E-state index contributed by atoms with van der Waals surface area (Å²) in [5.74, 6) is -0.415. The molecule has 0 unspecified atom stereocenters. The van der Waals surface area contributed by atoms with E-state index in [1.54, 1.807) is 6.92 Å². The summed E-state index contributed by atoms with van der Waals surface area (Å²) in [5, 5.41) is 0.279. The van der Waals surface area contributed by atoms with E-state index in [9.17, 15) is 9.59 Å². The Morgan fingerprint density at radius 1 is 1.18 bits per heavy atom. The Kier molecular flexibility index (Phi) is 3.25. The van der Waals surface area contributed by atoms with E-state index in [0.717, 1.165) is 0 Å². The fraction of sp³-hybridized carbons (Fsp3) is 0.556. The van der Waals surface area contributed by atoms with Crippen molar-refractivity contribution in [3.05, 3.63) is 0 Å². The van der Waals surface area contributed by atoms with Gasteiger partial charge in [0.1, 0.15) is 0 Å². The molecular weight excluding hydrogens is 264 g/mol. The number of rotatable bonds is 3. The van der Waals surface area contributed by atoms with Crippen molar-refractivity contribution in [3.63, 3.8) is 0 Å². The highest BCUT2D eigenvalue weighted by Crippen LogP contribution is 2.14. The van der Waals surface area contributed by atoms with Crippen molar-refractivity contribution in [2.45, 2.75) is 13.0 Å². The average molecular weight is 274 g/mol. The highest BCUT2D eigenvalue weighted by atomic mass is 32.1. The minimum atomic E-state index is -0.291. The molecule has 0 bridgehead atoms. The lowest BCUT2D eigenvalue weighted by Crippen LogP contribution is -2.46. The normalized spacial score (nSPS) is 21.9. The second kappa shape index (κ2) is 4.53. The molecule has 2 rings (SSSR count). The zero-order valence-electron chi connectivity index (χ0n) is 9.04. The smallest absolute Gasteiger partial charge is 0.268 e. The fourth-order valence-electron chi connectivity index (χ4n) is 1.69. The van der Waals surface area contributed by atoms with E-state index >= 15 is 0 Å². The van der Waals surface area contributed by atoms with Crippen LogP contribution >= 0.6 is 24.4 Å². The molecule has 92 valence electrons. The summed E-state index contributed by atoms with van der Waals surface area (Å²) in [7, 11) is 0. The summed E-state index contributed by atoms with van der Waals surface area (Å²) < 4.78 is 9.89.